The summed E-state index contributed by atoms with van der Waals surface area (Å²) >= 11 is 5.53. The van der Waals surface area contributed by atoms with Crippen LogP contribution in [0.15, 0.2) is 16.9 Å². The van der Waals surface area contributed by atoms with Crippen LogP contribution in [-0.4, -0.2) is 27.5 Å². The van der Waals surface area contributed by atoms with Crippen LogP contribution in [0.2, 0.25) is 5.02 Å². The third-order valence-electron chi connectivity index (χ3n) is 3.32. The minimum absolute atomic E-state index is 0.238. The van der Waals surface area contributed by atoms with E-state index in [1.54, 1.807) is 0 Å². The minimum atomic E-state index is -5.07. The van der Waals surface area contributed by atoms with Gasteiger partial charge in [0, 0.05) is 11.6 Å². The first-order valence-electron chi connectivity index (χ1n) is 7.05. The number of carbonyl (C=O) groups is 1. The number of phenols is 1. The Morgan fingerprint density at radius 2 is 2.00 bits per heavy atom. The summed E-state index contributed by atoms with van der Waals surface area (Å²) in [5.41, 5.74) is -5.67. The SMILES string of the molecule is CCOC(=O)c1nn(-c2cc(O)c(Cl)cc2F)c(=O)c(C)c1C(F)(F)F. The molecule has 0 fully saturated rings. The highest BCUT2D eigenvalue weighted by Crippen LogP contribution is 2.34. The van der Waals surface area contributed by atoms with Crippen LogP contribution in [0.3, 0.4) is 0 Å². The number of hydrogen-bond acceptors (Lipinski definition) is 5. The molecule has 0 spiro atoms. The van der Waals surface area contributed by atoms with E-state index in [-0.39, 0.29) is 16.3 Å². The summed E-state index contributed by atoms with van der Waals surface area (Å²) in [6.07, 6.45) is -5.07. The van der Waals surface area contributed by atoms with E-state index in [1.807, 2.05) is 0 Å². The second-order valence-electron chi connectivity index (χ2n) is 5.04. The number of esters is 1. The van der Waals surface area contributed by atoms with Gasteiger partial charge in [-0.15, -0.1) is 0 Å². The lowest BCUT2D eigenvalue weighted by Crippen LogP contribution is -2.32. The van der Waals surface area contributed by atoms with Crippen molar-refractivity contribution in [3.63, 3.8) is 0 Å². The van der Waals surface area contributed by atoms with Crippen molar-refractivity contribution in [1.29, 1.82) is 0 Å². The van der Waals surface area contributed by atoms with Gasteiger partial charge in [0.1, 0.15) is 11.4 Å². The standard InChI is InChI=1S/C15H11ClF4N2O4/c1-3-26-14(25)12-11(15(18,19)20)6(2)13(24)22(21-12)9-5-10(23)7(16)4-8(9)17/h4-5,23H,3H2,1-2H3. The zero-order valence-corrected chi connectivity index (χ0v) is 14.1. The second-order valence-corrected chi connectivity index (χ2v) is 5.45. The van der Waals surface area contributed by atoms with Crippen LogP contribution in [0.1, 0.15) is 28.5 Å². The number of hydrogen-bond donors (Lipinski definition) is 1. The van der Waals surface area contributed by atoms with Gasteiger partial charge in [-0.2, -0.15) is 23.0 Å². The number of benzene rings is 1. The van der Waals surface area contributed by atoms with Crippen LogP contribution in [0.25, 0.3) is 5.69 Å². The summed E-state index contributed by atoms with van der Waals surface area (Å²) in [5, 5.41) is 12.5. The van der Waals surface area contributed by atoms with E-state index in [1.165, 1.54) is 6.92 Å². The fourth-order valence-electron chi connectivity index (χ4n) is 2.18. The largest absolute Gasteiger partial charge is 0.506 e. The van der Waals surface area contributed by atoms with Crippen molar-refractivity contribution in [1.82, 2.24) is 9.78 Å². The molecule has 0 aliphatic heterocycles. The van der Waals surface area contributed by atoms with Crippen molar-refractivity contribution in [2.24, 2.45) is 0 Å². The quantitative estimate of drug-likeness (QED) is 0.638. The average Bonchev–Trinajstić information content (AvgIpc) is 2.52. The number of aromatic hydroxyl groups is 1. The van der Waals surface area contributed by atoms with E-state index in [4.69, 9.17) is 11.6 Å². The van der Waals surface area contributed by atoms with Gasteiger partial charge < -0.3 is 9.84 Å². The first-order valence-corrected chi connectivity index (χ1v) is 7.43. The molecule has 1 aromatic carbocycles. The van der Waals surface area contributed by atoms with E-state index >= 15 is 0 Å². The third kappa shape index (κ3) is 3.50. The summed E-state index contributed by atoms with van der Waals surface area (Å²) in [6, 6.07) is 1.35. The van der Waals surface area contributed by atoms with Gasteiger partial charge in [0.05, 0.1) is 17.2 Å². The lowest BCUT2D eigenvalue weighted by molar-refractivity contribution is -0.139. The Bertz CT molecular complexity index is 941. The maximum Gasteiger partial charge on any atom is 0.419 e. The molecule has 0 aliphatic carbocycles. The molecule has 140 valence electrons. The van der Waals surface area contributed by atoms with Crippen LogP contribution in [-0.2, 0) is 10.9 Å². The van der Waals surface area contributed by atoms with Crippen LogP contribution >= 0.6 is 11.6 Å². The van der Waals surface area contributed by atoms with Gasteiger partial charge in [0.2, 0.25) is 0 Å². The molecule has 0 aliphatic rings. The lowest BCUT2D eigenvalue weighted by Gasteiger charge is -2.16. The molecular weight excluding hydrogens is 384 g/mol. The number of rotatable bonds is 3. The Balaban J connectivity index is 2.88. The number of ether oxygens (including phenoxy) is 1. The molecule has 2 aromatic rings. The van der Waals surface area contributed by atoms with E-state index in [2.05, 4.69) is 9.84 Å². The third-order valence-corrected chi connectivity index (χ3v) is 3.62. The molecule has 0 saturated heterocycles. The molecule has 2 rings (SSSR count). The van der Waals surface area contributed by atoms with Crippen LogP contribution < -0.4 is 5.56 Å². The second kappa shape index (κ2) is 6.94. The highest BCUT2D eigenvalue weighted by Gasteiger charge is 2.40. The Kier molecular flexibility index (Phi) is 5.26. The van der Waals surface area contributed by atoms with Gasteiger partial charge >= 0.3 is 12.1 Å². The molecule has 0 radical (unpaired) electrons. The fraction of sp³-hybridized carbons (Fsp3) is 0.267. The molecule has 6 nitrogen and oxygen atoms in total. The molecule has 0 amide bonds. The summed E-state index contributed by atoms with van der Waals surface area (Å²) < 4.78 is 58.8. The van der Waals surface area contributed by atoms with E-state index in [0.29, 0.717) is 12.1 Å². The highest BCUT2D eigenvalue weighted by molar-refractivity contribution is 6.32. The molecule has 0 atom stereocenters. The molecule has 1 heterocycles. The van der Waals surface area contributed by atoms with Gasteiger partial charge in [-0.1, -0.05) is 11.6 Å². The predicted octanol–water partition coefficient (Wildman–Crippen LogP) is 3.23. The number of aromatic nitrogens is 2. The Morgan fingerprint density at radius 1 is 1.38 bits per heavy atom. The summed E-state index contributed by atoms with van der Waals surface area (Å²) in [5.74, 6) is -3.21. The number of carbonyl (C=O) groups excluding carboxylic acids is 1. The maximum absolute atomic E-state index is 14.1. The molecule has 26 heavy (non-hydrogen) atoms. The van der Waals surface area contributed by atoms with Crippen molar-refractivity contribution in [3.8, 4) is 11.4 Å². The zero-order chi connectivity index (χ0) is 19.8. The Labute approximate surface area is 148 Å². The molecule has 1 aromatic heterocycles. The van der Waals surface area contributed by atoms with Gasteiger partial charge in [-0.25, -0.2) is 9.18 Å². The van der Waals surface area contributed by atoms with Crippen molar-refractivity contribution >= 4 is 17.6 Å². The van der Waals surface area contributed by atoms with Gasteiger partial charge in [-0.05, 0) is 19.9 Å². The summed E-state index contributed by atoms with van der Waals surface area (Å²) in [7, 11) is 0. The lowest BCUT2D eigenvalue weighted by atomic mass is 10.1. The van der Waals surface area contributed by atoms with Gasteiger partial charge in [-0.3, -0.25) is 4.79 Å². The van der Waals surface area contributed by atoms with Crippen LogP contribution in [0.5, 0.6) is 5.75 Å². The van der Waals surface area contributed by atoms with Crippen molar-refractivity contribution < 1.29 is 32.2 Å². The first-order chi connectivity index (χ1) is 12.0. The van der Waals surface area contributed by atoms with Crippen molar-refractivity contribution in [2.45, 2.75) is 20.0 Å². The summed E-state index contributed by atoms with van der Waals surface area (Å²) in [6.45, 7) is 1.94. The topological polar surface area (TPSA) is 81.4 Å². The number of alkyl halides is 3. The monoisotopic (exact) mass is 394 g/mol. The smallest absolute Gasteiger partial charge is 0.419 e. The van der Waals surface area contributed by atoms with E-state index in [0.717, 1.165) is 6.92 Å². The van der Waals surface area contributed by atoms with Crippen molar-refractivity contribution in [3.05, 3.63) is 50.1 Å². The van der Waals surface area contributed by atoms with E-state index in [9.17, 15) is 32.3 Å². The minimum Gasteiger partial charge on any atom is -0.506 e. The Morgan fingerprint density at radius 3 is 2.54 bits per heavy atom. The van der Waals surface area contributed by atoms with Crippen molar-refractivity contribution in [2.75, 3.05) is 6.61 Å². The molecular formula is C15H11ClF4N2O4. The maximum atomic E-state index is 14.1. The molecule has 0 unspecified atom stereocenters. The highest BCUT2D eigenvalue weighted by atomic mass is 35.5. The number of phenolic OH excluding ortho intramolecular Hbond substituents is 1. The first kappa shape index (κ1) is 19.7. The predicted molar refractivity (Wildman–Crippen MR) is 82.2 cm³/mol. The average molecular weight is 395 g/mol. The van der Waals surface area contributed by atoms with Crippen LogP contribution in [0, 0.1) is 12.7 Å². The summed E-state index contributed by atoms with van der Waals surface area (Å²) in [4.78, 5) is 24.2. The van der Waals surface area contributed by atoms with Crippen LogP contribution in [0.4, 0.5) is 17.6 Å². The molecule has 0 bridgehead atoms. The Hall–Kier alpha value is -2.62. The fourth-order valence-corrected chi connectivity index (χ4v) is 2.33. The van der Waals surface area contributed by atoms with Gasteiger partial charge in [0.15, 0.2) is 11.5 Å². The van der Waals surface area contributed by atoms with E-state index < -0.39 is 51.8 Å². The van der Waals surface area contributed by atoms with Gasteiger partial charge in [0.25, 0.3) is 5.56 Å². The number of nitrogens with zero attached hydrogens (tertiary/aromatic N) is 2. The molecule has 0 saturated carbocycles. The normalized spacial score (nSPS) is 11.5. The molecule has 1 N–H and O–H groups in total. The zero-order valence-electron chi connectivity index (χ0n) is 13.3. The molecule has 11 heteroatoms. The number of halogens is 5.